The normalized spacial score (nSPS) is 13.7. The summed E-state index contributed by atoms with van der Waals surface area (Å²) in [4.78, 5) is 34.8. The summed E-state index contributed by atoms with van der Waals surface area (Å²) in [5.74, 6) is -0.845. The largest absolute Gasteiger partial charge is 0.472 e. The molecule has 3 N–H and O–H groups in total. The van der Waals surface area contributed by atoms with Gasteiger partial charge in [-0.05, 0) is 70.6 Å². The van der Waals surface area contributed by atoms with Crippen LogP contribution in [0.4, 0.5) is 0 Å². The van der Waals surface area contributed by atoms with Gasteiger partial charge in [0, 0.05) is 19.4 Å². The minimum atomic E-state index is -4.38. The van der Waals surface area contributed by atoms with E-state index in [0.717, 1.165) is 57.8 Å². The summed E-state index contributed by atoms with van der Waals surface area (Å²) in [5, 5.41) is 0. The Hall–Kier alpha value is -1.77. The van der Waals surface area contributed by atoms with Gasteiger partial charge in [0.15, 0.2) is 6.10 Å². The van der Waals surface area contributed by atoms with Gasteiger partial charge in [-0.25, -0.2) is 4.57 Å². The lowest BCUT2D eigenvalue weighted by molar-refractivity contribution is -0.161. The van der Waals surface area contributed by atoms with Crippen LogP contribution in [-0.2, 0) is 32.7 Å². The molecular weight excluding hydrogens is 689 g/mol. The fraction of sp³-hybridized carbons (Fsp3) is 0.814. The molecular formula is C43H80NO8P. The molecule has 10 heteroatoms. The maximum atomic E-state index is 12.6. The van der Waals surface area contributed by atoms with Crippen LogP contribution in [0.3, 0.4) is 0 Å². The van der Waals surface area contributed by atoms with Crippen molar-refractivity contribution in [3.8, 4) is 0 Å². The number of unbranched alkanes of at least 4 members (excludes halogenated alkanes) is 21. The lowest BCUT2D eigenvalue weighted by Crippen LogP contribution is -2.29. The summed E-state index contributed by atoms with van der Waals surface area (Å²) in [5.41, 5.74) is 5.34. The molecule has 310 valence electrons. The maximum absolute atomic E-state index is 12.6. The molecule has 1 unspecified atom stereocenters. The molecule has 0 amide bonds. The molecule has 0 spiro atoms. The fourth-order valence-corrected chi connectivity index (χ4v) is 6.54. The quantitative estimate of drug-likeness (QED) is 0.0270. The number of rotatable bonds is 40. The minimum Gasteiger partial charge on any atom is -0.462 e. The van der Waals surface area contributed by atoms with Crippen LogP contribution in [-0.4, -0.2) is 49.3 Å². The van der Waals surface area contributed by atoms with Crippen molar-refractivity contribution in [3.05, 3.63) is 36.5 Å². The van der Waals surface area contributed by atoms with E-state index in [4.69, 9.17) is 24.3 Å². The number of carbonyl (C=O) groups is 2. The third kappa shape index (κ3) is 39.7. The molecule has 0 fully saturated rings. The predicted molar refractivity (Wildman–Crippen MR) is 220 cm³/mol. The molecule has 0 aliphatic rings. The highest BCUT2D eigenvalue weighted by Crippen LogP contribution is 2.43. The van der Waals surface area contributed by atoms with Crippen LogP contribution in [0.25, 0.3) is 0 Å². The second kappa shape index (κ2) is 39.9. The van der Waals surface area contributed by atoms with Crippen LogP contribution in [0.15, 0.2) is 36.5 Å². The van der Waals surface area contributed by atoms with E-state index in [-0.39, 0.29) is 32.6 Å². The summed E-state index contributed by atoms with van der Waals surface area (Å²) in [7, 11) is -4.38. The number of allylic oxidation sites excluding steroid dienone is 6. The van der Waals surface area contributed by atoms with Gasteiger partial charge in [-0.2, -0.15) is 0 Å². The van der Waals surface area contributed by atoms with Gasteiger partial charge >= 0.3 is 19.8 Å². The number of hydrogen-bond donors (Lipinski definition) is 2. The van der Waals surface area contributed by atoms with Gasteiger partial charge in [-0.3, -0.25) is 18.6 Å². The van der Waals surface area contributed by atoms with E-state index in [1.54, 1.807) is 0 Å². The van der Waals surface area contributed by atoms with Gasteiger partial charge < -0.3 is 20.1 Å². The Morgan fingerprint density at radius 1 is 0.566 bits per heavy atom. The average Bonchev–Trinajstić information content (AvgIpc) is 3.14. The standard InChI is InChI=1S/C43H80NO8P/c1-3-5-7-9-11-13-15-17-19-20-22-24-26-28-30-32-34-36-43(46)52-41(40-51-53(47,48)50-38-37-44)39-49-42(45)35-33-31-29-27-25-23-21-18-16-14-12-10-8-6-4-2/h12-15,18,21,41H,3-11,16-17,19-20,22-40,44H2,1-2H3,(H,47,48)/b14-12+,15-13+,21-18+/t41-/m1/s1. The minimum absolute atomic E-state index is 0.0509. The van der Waals surface area contributed by atoms with Crippen molar-refractivity contribution in [1.82, 2.24) is 0 Å². The monoisotopic (exact) mass is 770 g/mol. The Morgan fingerprint density at radius 2 is 0.981 bits per heavy atom. The third-order valence-corrected chi connectivity index (χ3v) is 9.98. The highest BCUT2D eigenvalue weighted by Gasteiger charge is 2.26. The first-order valence-corrected chi connectivity index (χ1v) is 23.0. The molecule has 0 aromatic rings. The molecule has 0 saturated carbocycles. The van der Waals surface area contributed by atoms with E-state index >= 15 is 0 Å². The Morgan fingerprint density at radius 3 is 1.49 bits per heavy atom. The summed E-state index contributed by atoms with van der Waals surface area (Å²) >= 11 is 0. The molecule has 0 heterocycles. The number of phosphoric ester groups is 1. The zero-order valence-corrected chi connectivity index (χ0v) is 34.9. The highest BCUT2D eigenvalue weighted by atomic mass is 31.2. The van der Waals surface area contributed by atoms with Gasteiger partial charge in [-0.1, -0.05) is 147 Å². The van der Waals surface area contributed by atoms with Crippen LogP contribution in [0.5, 0.6) is 0 Å². The molecule has 0 aliphatic heterocycles. The first-order chi connectivity index (χ1) is 25.8. The Labute approximate surface area is 324 Å². The fourth-order valence-electron chi connectivity index (χ4n) is 5.78. The molecule has 0 rings (SSSR count). The van der Waals surface area contributed by atoms with E-state index in [9.17, 15) is 19.0 Å². The lowest BCUT2D eigenvalue weighted by atomic mass is 10.1. The molecule has 0 saturated heterocycles. The number of ether oxygens (including phenoxy) is 2. The van der Waals surface area contributed by atoms with Crippen LogP contribution < -0.4 is 5.73 Å². The van der Waals surface area contributed by atoms with Crippen LogP contribution >= 0.6 is 7.82 Å². The van der Waals surface area contributed by atoms with Crippen molar-refractivity contribution in [2.75, 3.05) is 26.4 Å². The zero-order chi connectivity index (χ0) is 38.9. The maximum Gasteiger partial charge on any atom is 0.472 e. The van der Waals surface area contributed by atoms with Crippen molar-refractivity contribution in [1.29, 1.82) is 0 Å². The van der Waals surface area contributed by atoms with E-state index in [2.05, 4.69) is 50.3 Å². The highest BCUT2D eigenvalue weighted by molar-refractivity contribution is 7.47. The van der Waals surface area contributed by atoms with E-state index in [1.807, 2.05) is 0 Å². The number of nitrogens with two attached hydrogens (primary N) is 1. The topological polar surface area (TPSA) is 134 Å². The van der Waals surface area contributed by atoms with Crippen molar-refractivity contribution >= 4 is 19.8 Å². The smallest absolute Gasteiger partial charge is 0.462 e. The van der Waals surface area contributed by atoms with E-state index in [1.165, 1.54) is 96.3 Å². The second-order valence-corrected chi connectivity index (χ2v) is 15.7. The van der Waals surface area contributed by atoms with Crippen molar-refractivity contribution in [2.24, 2.45) is 5.73 Å². The first kappa shape index (κ1) is 51.2. The Kier molecular flexibility index (Phi) is 38.6. The SMILES string of the molecule is CCCCC/C=C/C/C=C/CCCCCCCC(=O)OC[C@H](COP(=O)(O)OCCN)OC(=O)CCCCCCCCCCC/C=C/CCCCCC. The number of phosphoric acid groups is 1. The van der Waals surface area contributed by atoms with E-state index < -0.39 is 32.5 Å². The zero-order valence-electron chi connectivity index (χ0n) is 34.0. The summed E-state index contributed by atoms with van der Waals surface area (Å²) in [6, 6.07) is 0. The van der Waals surface area contributed by atoms with E-state index in [0.29, 0.717) is 12.8 Å². The molecule has 0 bridgehead atoms. The van der Waals surface area contributed by atoms with Gasteiger partial charge in [0.25, 0.3) is 0 Å². The van der Waals surface area contributed by atoms with Crippen LogP contribution in [0.2, 0.25) is 0 Å². The third-order valence-electron chi connectivity index (χ3n) is 9.00. The first-order valence-electron chi connectivity index (χ1n) is 21.5. The van der Waals surface area contributed by atoms with Crippen molar-refractivity contribution < 1.29 is 37.6 Å². The van der Waals surface area contributed by atoms with Gasteiger partial charge in [-0.15, -0.1) is 0 Å². The number of esters is 2. The van der Waals surface area contributed by atoms with Gasteiger partial charge in [0.05, 0.1) is 13.2 Å². The second-order valence-electron chi connectivity index (χ2n) is 14.2. The lowest BCUT2D eigenvalue weighted by Gasteiger charge is -2.19. The Balaban J connectivity index is 4.17. The summed E-state index contributed by atoms with van der Waals surface area (Å²) < 4.78 is 32.7. The molecule has 0 aliphatic carbocycles. The average molecular weight is 770 g/mol. The summed E-state index contributed by atoms with van der Waals surface area (Å²) in [6.07, 6.45) is 43.1. The van der Waals surface area contributed by atoms with Crippen molar-refractivity contribution in [3.63, 3.8) is 0 Å². The van der Waals surface area contributed by atoms with Gasteiger partial charge in [0.2, 0.25) is 0 Å². The summed E-state index contributed by atoms with van der Waals surface area (Å²) in [6.45, 7) is 3.68. The molecule has 0 radical (unpaired) electrons. The molecule has 9 nitrogen and oxygen atoms in total. The molecule has 2 atom stereocenters. The number of carbonyl (C=O) groups excluding carboxylic acids is 2. The molecule has 0 aromatic carbocycles. The van der Waals surface area contributed by atoms with Crippen LogP contribution in [0, 0.1) is 0 Å². The van der Waals surface area contributed by atoms with Gasteiger partial charge in [0.1, 0.15) is 6.61 Å². The molecule has 0 aromatic heterocycles. The van der Waals surface area contributed by atoms with Crippen LogP contribution in [0.1, 0.15) is 194 Å². The molecule has 53 heavy (non-hydrogen) atoms. The Bertz CT molecular complexity index is 970. The number of hydrogen-bond acceptors (Lipinski definition) is 8. The van der Waals surface area contributed by atoms with Crippen molar-refractivity contribution in [2.45, 2.75) is 200 Å². The predicted octanol–water partition coefficient (Wildman–Crippen LogP) is 12.2.